The van der Waals surface area contributed by atoms with Crippen molar-refractivity contribution in [3.8, 4) is 6.07 Å². The normalized spacial score (nSPS) is 13.8. The molecule has 0 aromatic carbocycles. The molecule has 0 saturated carbocycles. The largest absolute Gasteiger partial charge is 0.432 e. The van der Waals surface area contributed by atoms with E-state index in [0.717, 1.165) is 5.20 Å². The van der Waals surface area contributed by atoms with Crippen molar-refractivity contribution < 1.29 is 8.54 Å². The Bertz CT molecular complexity index is 280. The van der Waals surface area contributed by atoms with E-state index in [1.807, 2.05) is 46.1 Å². The first-order valence-corrected chi connectivity index (χ1v) is 10.9. The minimum Gasteiger partial charge on any atom is -0.432 e. The Hall–Kier alpha value is -0.416. The fourth-order valence-corrected chi connectivity index (χ4v) is 8.84. The second kappa shape index (κ2) is 5.61. The van der Waals surface area contributed by atoms with Crippen LogP contribution in [0.4, 0.5) is 0 Å². The fourth-order valence-electron chi connectivity index (χ4n) is 1.59. The van der Waals surface area contributed by atoms with Crippen LogP contribution in [0.2, 0.25) is 26.2 Å². The maximum atomic E-state index is 9.00. The molecule has 0 aliphatic rings. The Morgan fingerprint density at radius 3 is 2.20 bits per heavy atom. The Balaban J connectivity index is 4.71. The van der Waals surface area contributed by atoms with Gasteiger partial charge in [0.05, 0.1) is 6.07 Å². The van der Waals surface area contributed by atoms with E-state index < -0.39 is 16.9 Å². The van der Waals surface area contributed by atoms with Gasteiger partial charge >= 0.3 is 8.56 Å². The van der Waals surface area contributed by atoms with E-state index in [2.05, 4.69) is 6.07 Å². The average molecular weight is 243 g/mol. The number of allylic oxidation sites excluding steroid dienone is 2. The van der Waals surface area contributed by atoms with Crippen molar-refractivity contribution in [2.24, 2.45) is 0 Å². The van der Waals surface area contributed by atoms with Gasteiger partial charge in [0.25, 0.3) is 0 Å². The van der Waals surface area contributed by atoms with Crippen molar-refractivity contribution in [1.82, 2.24) is 0 Å². The average Bonchev–Trinajstić information content (AvgIpc) is 2.02. The summed E-state index contributed by atoms with van der Waals surface area (Å²) in [5, 5.41) is 9.78. The molecule has 86 valence electrons. The summed E-state index contributed by atoms with van der Waals surface area (Å²) in [6.07, 6.45) is 1.85. The molecule has 0 atom stereocenters. The molecule has 0 heterocycles. The summed E-state index contributed by atoms with van der Waals surface area (Å²) in [7, 11) is -4.13. The lowest BCUT2D eigenvalue weighted by Crippen LogP contribution is -2.47. The van der Waals surface area contributed by atoms with Crippen LogP contribution >= 0.6 is 0 Å². The molecule has 0 radical (unpaired) electrons. The third-order valence-electron chi connectivity index (χ3n) is 2.05. The van der Waals surface area contributed by atoms with Gasteiger partial charge in [-0.1, -0.05) is 6.08 Å². The van der Waals surface area contributed by atoms with E-state index in [-0.39, 0.29) is 0 Å². The van der Waals surface area contributed by atoms with Gasteiger partial charge in [0.2, 0.25) is 8.32 Å². The zero-order chi connectivity index (χ0) is 12.1. The molecule has 0 saturated heterocycles. The molecule has 0 spiro atoms. The van der Waals surface area contributed by atoms with Crippen LogP contribution in [0.5, 0.6) is 0 Å². The molecule has 0 aliphatic carbocycles. The highest BCUT2D eigenvalue weighted by molar-refractivity contribution is 6.87. The quantitative estimate of drug-likeness (QED) is 0.551. The van der Waals surface area contributed by atoms with Gasteiger partial charge in [-0.2, -0.15) is 5.26 Å². The van der Waals surface area contributed by atoms with Gasteiger partial charge in [0.15, 0.2) is 0 Å². The highest BCUT2D eigenvalue weighted by Gasteiger charge is 2.37. The summed E-state index contributed by atoms with van der Waals surface area (Å²) in [5.41, 5.74) is 0. The lowest BCUT2D eigenvalue weighted by Gasteiger charge is -2.32. The van der Waals surface area contributed by atoms with Crippen LogP contribution < -0.4 is 0 Å². The van der Waals surface area contributed by atoms with Crippen LogP contribution in [0.25, 0.3) is 0 Å². The lowest BCUT2D eigenvalue weighted by molar-refractivity contribution is 0.262. The van der Waals surface area contributed by atoms with E-state index in [1.165, 1.54) is 0 Å². The Labute approximate surface area is 95.1 Å². The van der Waals surface area contributed by atoms with Crippen LogP contribution in [-0.2, 0) is 8.54 Å². The predicted molar refractivity (Wildman–Crippen MR) is 67.0 cm³/mol. The van der Waals surface area contributed by atoms with Gasteiger partial charge in [-0.05, 0) is 40.0 Å². The Morgan fingerprint density at radius 1 is 1.33 bits per heavy atom. The molecular formula is C10H21NO2Si2. The summed E-state index contributed by atoms with van der Waals surface area (Å²) in [4.78, 5) is 0. The summed E-state index contributed by atoms with van der Waals surface area (Å²) < 4.78 is 11.7. The van der Waals surface area contributed by atoms with E-state index >= 15 is 0 Å². The van der Waals surface area contributed by atoms with Gasteiger partial charge in [-0.3, -0.25) is 0 Å². The van der Waals surface area contributed by atoms with E-state index in [1.54, 1.807) is 0 Å². The minimum absolute atomic E-state index is 0.668. The lowest BCUT2D eigenvalue weighted by atomic mass is 10.6. The van der Waals surface area contributed by atoms with Gasteiger partial charge in [0.1, 0.15) is 0 Å². The smallest absolute Gasteiger partial charge is 0.321 e. The molecular weight excluding hydrogens is 222 g/mol. The molecule has 0 aromatic heterocycles. The van der Waals surface area contributed by atoms with Crippen molar-refractivity contribution in [3.63, 3.8) is 0 Å². The van der Waals surface area contributed by atoms with Gasteiger partial charge in [-0.15, -0.1) is 0 Å². The topological polar surface area (TPSA) is 42.2 Å². The molecule has 3 nitrogen and oxygen atoms in total. The molecule has 0 unspecified atom stereocenters. The van der Waals surface area contributed by atoms with Gasteiger partial charge < -0.3 is 8.54 Å². The maximum absolute atomic E-state index is 9.00. The molecule has 0 aromatic rings. The van der Waals surface area contributed by atoms with E-state index in [4.69, 9.17) is 13.8 Å². The van der Waals surface area contributed by atoms with Crippen LogP contribution in [0.3, 0.4) is 0 Å². The van der Waals surface area contributed by atoms with Crippen molar-refractivity contribution in [1.29, 1.82) is 5.26 Å². The van der Waals surface area contributed by atoms with Gasteiger partial charge in [-0.25, -0.2) is 0 Å². The molecule has 0 bridgehead atoms. The van der Waals surface area contributed by atoms with Crippen LogP contribution in [0.1, 0.15) is 13.8 Å². The molecule has 0 amide bonds. The monoisotopic (exact) mass is 243 g/mol. The summed E-state index contributed by atoms with van der Waals surface area (Å²) in [5.74, 6) is 0. The van der Waals surface area contributed by atoms with Crippen LogP contribution in [-0.4, -0.2) is 23.5 Å². The van der Waals surface area contributed by atoms with E-state index in [0.29, 0.717) is 6.61 Å². The fraction of sp³-hybridized carbons (Fsp3) is 0.700. The van der Waals surface area contributed by atoms with Crippen LogP contribution in [0.15, 0.2) is 11.3 Å². The Morgan fingerprint density at radius 2 is 1.87 bits per heavy atom. The third kappa shape index (κ3) is 4.75. The highest BCUT2D eigenvalue weighted by Crippen LogP contribution is 2.21. The third-order valence-corrected chi connectivity index (χ3v) is 8.74. The number of hydrogen-bond acceptors (Lipinski definition) is 3. The summed E-state index contributed by atoms with van der Waals surface area (Å²) in [6.45, 7) is 12.6. The molecule has 5 heteroatoms. The second-order valence-electron chi connectivity index (χ2n) is 4.26. The Kier molecular flexibility index (Phi) is 5.45. The maximum Gasteiger partial charge on any atom is 0.321 e. The van der Waals surface area contributed by atoms with Crippen molar-refractivity contribution in [3.05, 3.63) is 11.3 Å². The first-order chi connectivity index (χ1) is 6.79. The predicted octanol–water partition coefficient (Wildman–Crippen LogP) is 2.96. The zero-order valence-electron chi connectivity index (χ0n) is 10.5. The first-order valence-electron chi connectivity index (χ1n) is 5.20. The molecule has 0 N–H and O–H groups in total. The number of hydrogen-bond donors (Lipinski definition) is 0. The van der Waals surface area contributed by atoms with E-state index in [9.17, 15) is 0 Å². The summed E-state index contributed by atoms with van der Waals surface area (Å²) in [6, 6.07) is 2.22. The SMILES string of the molecule is CC=C(C#N)[Si](C)(C)O[Si](C)(C)OCC. The zero-order valence-corrected chi connectivity index (χ0v) is 12.5. The number of nitriles is 1. The summed E-state index contributed by atoms with van der Waals surface area (Å²) >= 11 is 0. The molecule has 0 aliphatic heterocycles. The van der Waals surface area contributed by atoms with Crippen molar-refractivity contribution in [2.45, 2.75) is 40.0 Å². The molecule has 0 rings (SSSR count). The number of nitrogens with zero attached hydrogens (tertiary/aromatic N) is 1. The van der Waals surface area contributed by atoms with Crippen LogP contribution in [0, 0.1) is 11.3 Å². The first kappa shape index (κ1) is 14.6. The highest BCUT2D eigenvalue weighted by atomic mass is 28.4. The number of rotatable bonds is 5. The minimum atomic E-state index is -2.07. The van der Waals surface area contributed by atoms with Crippen molar-refractivity contribution >= 4 is 16.9 Å². The van der Waals surface area contributed by atoms with Crippen molar-refractivity contribution in [2.75, 3.05) is 6.61 Å². The van der Waals surface area contributed by atoms with Gasteiger partial charge in [0, 0.05) is 11.8 Å². The standard InChI is InChI=1S/C10H21NO2Si2/c1-7-10(9-11)14(3,4)13-15(5,6)12-8-2/h7H,8H2,1-6H3. The molecule has 15 heavy (non-hydrogen) atoms. The molecule has 0 fully saturated rings. The second-order valence-corrected chi connectivity index (χ2v) is 11.7.